The van der Waals surface area contributed by atoms with Crippen LogP contribution in [0.15, 0.2) is 36.5 Å². The van der Waals surface area contributed by atoms with Crippen LogP contribution in [0, 0.1) is 5.21 Å². The van der Waals surface area contributed by atoms with Gasteiger partial charge in [-0.3, -0.25) is 4.79 Å². The first kappa shape index (κ1) is 10.4. The summed E-state index contributed by atoms with van der Waals surface area (Å²) in [5, 5.41) is 12.3. The molecule has 0 atom stereocenters. The third-order valence-electron chi connectivity index (χ3n) is 2.33. The van der Waals surface area contributed by atoms with Crippen molar-refractivity contribution in [3.63, 3.8) is 0 Å². The molecule has 0 spiro atoms. The molecular formula is C12H11NO3. The maximum Gasteiger partial charge on any atom is 0.302 e. The van der Waals surface area contributed by atoms with Gasteiger partial charge in [0, 0.05) is 24.6 Å². The molecule has 0 fully saturated rings. The number of benzene rings is 1. The second-order valence-electron chi connectivity index (χ2n) is 3.46. The molecule has 1 aromatic heterocycles. The highest BCUT2D eigenvalue weighted by atomic mass is 16.5. The van der Waals surface area contributed by atoms with Crippen molar-refractivity contribution in [2.75, 3.05) is 0 Å². The average Bonchev–Trinajstić information content (AvgIpc) is 2.28. The van der Waals surface area contributed by atoms with Crippen LogP contribution in [0.4, 0.5) is 0 Å². The molecule has 2 rings (SSSR count). The summed E-state index contributed by atoms with van der Waals surface area (Å²) in [5.41, 5.74) is 1.41. The fourth-order valence-corrected chi connectivity index (χ4v) is 1.57. The summed E-state index contributed by atoms with van der Waals surface area (Å²) in [6.45, 7) is 1.55. The van der Waals surface area contributed by atoms with Crippen molar-refractivity contribution in [2.24, 2.45) is 0 Å². The van der Waals surface area contributed by atoms with Crippen LogP contribution in [-0.2, 0) is 16.1 Å². The number of fused-ring (bicyclic) bond motifs is 1. The number of pyridine rings is 1. The third-order valence-corrected chi connectivity index (χ3v) is 2.33. The zero-order chi connectivity index (χ0) is 11.5. The van der Waals surface area contributed by atoms with E-state index in [0.717, 1.165) is 15.7 Å². The Labute approximate surface area is 92.7 Å². The number of hydrogen-bond donors (Lipinski definition) is 0. The van der Waals surface area contributed by atoms with E-state index in [1.165, 1.54) is 13.1 Å². The Morgan fingerprint density at radius 3 is 2.88 bits per heavy atom. The smallest absolute Gasteiger partial charge is 0.302 e. The van der Waals surface area contributed by atoms with Gasteiger partial charge in [0.2, 0.25) is 5.52 Å². The minimum atomic E-state index is -0.331. The second kappa shape index (κ2) is 4.18. The van der Waals surface area contributed by atoms with E-state index in [2.05, 4.69) is 0 Å². The number of esters is 1. The van der Waals surface area contributed by atoms with Crippen molar-refractivity contribution in [2.45, 2.75) is 13.5 Å². The van der Waals surface area contributed by atoms with Crippen LogP contribution in [0.3, 0.4) is 0 Å². The summed E-state index contributed by atoms with van der Waals surface area (Å²) in [6.07, 6.45) is 1.42. The highest BCUT2D eigenvalue weighted by Crippen LogP contribution is 2.15. The number of carbonyl (C=O) groups is 1. The van der Waals surface area contributed by atoms with Crippen molar-refractivity contribution in [1.82, 2.24) is 0 Å². The van der Waals surface area contributed by atoms with Crippen molar-refractivity contribution in [3.8, 4) is 0 Å². The Bertz CT molecular complexity index is 537. The van der Waals surface area contributed by atoms with E-state index in [1.807, 2.05) is 12.1 Å². The van der Waals surface area contributed by atoms with Gasteiger partial charge in [0.05, 0.1) is 5.39 Å². The summed E-state index contributed by atoms with van der Waals surface area (Å²) >= 11 is 0. The van der Waals surface area contributed by atoms with Crippen LogP contribution in [0.25, 0.3) is 10.9 Å². The normalized spacial score (nSPS) is 10.3. The van der Waals surface area contributed by atoms with Gasteiger partial charge < -0.3 is 9.94 Å². The monoisotopic (exact) mass is 217 g/mol. The van der Waals surface area contributed by atoms with E-state index in [4.69, 9.17) is 4.74 Å². The van der Waals surface area contributed by atoms with Gasteiger partial charge in [-0.1, -0.05) is 12.1 Å². The first-order chi connectivity index (χ1) is 7.68. The lowest BCUT2D eigenvalue weighted by Gasteiger charge is -2.06. The van der Waals surface area contributed by atoms with E-state index in [1.54, 1.807) is 18.2 Å². The van der Waals surface area contributed by atoms with Crippen LogP contribution in [-0.4, -0.2) is 5.97 Å². The standard InChI is InChI=1S/C12H11NO3/c1-9(14)16-8-10-6-7-13(15)12-5-3-2-4-11(10)12/h2-7H,8H2,1H3. The molecule has 0 saturated carbocycles. The van der Waals surface area contributed by atoms with Gasteiger partial charge in [-0.2, -0.15) is 4.73 Å². The zero-order valence-corrected chi connectivity index (χ0v) is 8.84. The maximum absolute atomic E-state index is 11.5. The Morgan fingerprint density at radius 1 is 1.38 bits per heavy atom. The molecule has 0 aliphatic rings. The summed E-state index contributed by atoms with van der Waals surface area (Å²) in [4.78, 5) is 10.7. The minimum absolute atomic E-state index is 0.191. The number of hydrogen-bond acceptors (Lipinski definition) is 3. The van der Waals surface area contributed by atoms with Crippen LogP contribution >= 0.6 is 0 Å². The molecule has 0 unspecified atom stereocenters. The van der Waals surface area contributed by atoms with Crippen LogP contribution in [0.5, 0.6) is 0 Å². The number of carbonyl (C=O) groups excluding carboxylic acids is 1. The van der Waals surface area contributed by atoms with Gasteiger partial charge in [-0.25, -0.2) is 0 Å². The van der Waals surface area contributed by atoms with E-state index < -0.39 is 0 Å². The van der Waals surface area contributed by atoms with Gasteiger partial charge in [0.15, 0.2) is 6.20 Å². The molecule has 0 radical (unpaired) electrons. The summed E-state index contributed by atoms with van der Waals surface area (Å²) in [6, 6.07) is 8.88. The highest BCUT2D eigenvalue weighted by Gasteiger charge is 2.08. The topological polar surface area (TPSA) is 53.2 Å². The lowest BCUT2D eigenvalue weighted by molar-refractivity contribution is -0.577. The molecule has 0 N–H and O–H groups in total. The molecule has 0 saturated heterocycles. The zero-order valence-electron chi connectivity index (χ0n) is 8.84. The predicted octanol–water partition coefficient (Wildman–Crippen LogP) is 1.54. The third kappa shape index (κ3) is 1.95. The number of nitrogens with zero attached hydrogens (tertiary/aromatic N) is 1. The first-order valence-corrected chi connectivity index (χ1v) is 4.91. The Kier molecular flexibility index (Phi) is 2.72. The highest BCUT2D eigenvalue weighted by molar-refractivity contribution is 5.79. The second-order valence-corrected chi connectivity index (χ2v) is 3.46. The molecule has 16 heavy (non-hydrogen) atoms. The minimum Gasteiger partial charge on any atom is -0.618 e. The summed E-state index contributed by atoms with van der Waals surface area (Å²) < 4.78 is 5.72. The van der Waals surface area contributed by atoms with E-state index >= 15 is 0 Å². The molecule has 0 amide bonds. The van der Waals surface area contributed by atoms with Crippen LogP contribution < -0.4 is 4.73 Å². The van der Waals surface area contributed by atoms with Crippen LogP contribution in [0.2, 0.25) is 0 Å². The predicted molar refractivity (Wildman–Crippen MR) is 58.4 cm³/mol. The molecule has 0 aliphatic heterocycles. The average molecular weight is 217 g/mol. The Morgan fingerprint density at radius 2 is 2.12 bits per heavy atom. The maximum atomic E-state index is 11.5. The summed E-state index contributed by atoms with van der Waals surface area (Å²) in [7, 11) is 0. The van der Waals surface area contributed by atoms with Gasteiger partial charge in [0.1, 0.15) is 6.61 Å². The van der Waals surface area contributed by atoms with E-state index in [0.29, 0.717) is 5.52 Å². The van der Waals surface area contributed by atoms with Gasteiger partial charge in [-0.05, 0) is 6.07 Å². The fourth-order valence-electron chi connectivity index (χ4n) is 1.57. The SMILES string of the molecule is CC(=O)OCc1cc[n+]([O-])c2ccccc12. The molecule has 1 heterocycles. The number of ether oxygens (including phenoxy) is 1. The molecule has 82 valence electrons. The van der Waals surface area contributed by atoms with Crippen molar-refractivity contribution in [3.05, 3.63) is 47.3 Å². The Hall–Kier alpha value is -2.10. The van der Waals surface area contributed by atoms with Crippen molar-refractivity contribution in [1.29, 1.82) is 0 Å². The quantitative estimate of drug-likeness (QED) is 0.435. The van der Waals surface area contributed by atoms with Crippen molar-refractivity contribution >= 4 is 16.9 Å². The van der Waals surface area contributed by atoms with Gasteiger partial charge in [-0.15, -0.1) is 0 Å². The molecule has 2 aromatic rings. The van der Waals surface area contributed by atoms with Crippen LogP contribution in [0.1, 0.15) is 12.5 Å². The van der Waals surface area contributed by atoms with E-state index in [-0.39, 0.29) is 12.6 Å². The molecule has 4 nitrogen and oxygen atoms in total. The molecule has 0 bridgehead atoms. The number of para-hydroxylation sites is 1. The molecule has 4 heteroatoms. The lowest BCUT2D eigenvalue weighted by atomic mass is 10.1. The first-order valence-electron chi connectivity index (χ1n) is 4.91. The molecular weight excluding hydrogens is 206 g/mol. The summed E-state index contributed by atoms with van der Waals surface area (Å²) in [5.74, 6) is -0.331. The molecule has 0 aliphatic carbocycles. The van der Waals surface area contributed by atoms with Crippen molar-refractivity contribution < 1.29 is 14.3 Å². The van der Waals surface area contributed by atoms with E-state index in [9.17, 15) is 10.0 Å². The fraction of sp³-hybridized carbons (Fsp3) is 0.167. The molecule has 1 aromatic carbocycles. The van der Waals surface area contributed by atoms with Gasteiger partial charge in [0.25, 0.3) is 0 Å². The van der Waals surface area contributed by atoms with Gasteiger partial charge >= 0.3 is 5.97 Å². The Balaban J connectivity index is 2.46. The largest absolute Gasteiger partial charge is 0.618 e. The number of rotatable bonds is 2. The lowest BCUT2D eigenvalue weighted by Crippen LogP contribution is -2.26. The number of aromatic nitrogens is 1.